The van der Waals surface area contributed by atoms with E-state index in [2.05, 4.69) is 5.32 Å². The molecule has 1 aliphatic rings. The van der Waals surface area contributed by atoms with Gasteiger partial charge in [-0.3, -0.25) is 19.7 Å². The van der Waals surface area contributed by atoms with Crippen LogP contribution in [-0.2, 0) is 6.54 Å². The van der Waals surface area contributed by atoms with Gasteiger partial charge in [0.25, 0.3) is 5.69 Å². The zero-order valence-electron chi connectivity index (χ0n) is 18.1. The molecular formula is C24H23FN4O4. The number of pyridine rings is 1. The number of carbonyl (C=O) groups excluding carboxylic acids is 1. The predicted octanol–water partition coefficient (Wildman–Crippen LogP) is 3.37. The first kappa shape index (κ1) is 22.3. The summed E-state index contributed by atoms with van der Waals surface area (Å²) in [7, 11) is 0. The van der Waals surface area contributed by atoms with Crippen molar-refractivity contribution >= 4 is 34.1 Å². The zero-order chi connectivity index (χ0) is 23.5. The number of hydrogen-bond donors (Lipinski definition) is 1. The van der Waals surface area contributed by atoms with E-state index in [1.54, 1.807) is 10.6 Å². The van der Waals surface area contributed by atoms with Crippen molar-refractivity contribution in [2.45, 2.75) is 13.5 Å². The highest BCUT2D eigenvalue weighted by Gasteiger charge is 2.19. The average molecular weight is 450 g/mol. The second kappa shape index (κ2) is 9.33. The molecule has 1 N–H and O–H groups in total. The molecule has 0 bridgehead atoms. The lowest BCUT2D eigenvalue weighted by atomic mass is 10.1. The SMILES string of the molecule is CCn1cc(C(=O)C=Cc2ccc([N+](=O)[O-])cc2)c(=O)c2cc(F)c(N3CCNCC3)cc21. The number of anilines is 1. The van der Waals surface area contributed by atoms with E-state index >= 15 is 0 Å². The molecule has 0 aliphatic carbocycles. The van der Waals surface area contributed by atoms with E-state index in [-0.39, 0.29) is 16.6 Å². The van der Waals surface area contributed by atoms with Crippen molar-refractivity contribution in [2.24, 2.45) is 0 Å². The third-order valence-electron chi connectivity index (χ3n) is 5.74. The van der Waals surface area contributed by atoms with Gasteiger partial charge in [-0.25, -0.2) is 4.39 Å². The van der Waals surface area contributed by atoms with Crippen LogP contribution >= 0.6 is 0 Å². The van der Waals surface area contributed by atoms with Crippen molar-refractivity contribution < 1.29 is 14.1 Å². The normalized spacial score (nSPS) is 14.2. The molecule has 0 radical (unpaired) electrons. The predicted molar refractivity (Wildman–Crippen MR) is 125 cm³/mol. The van der Waals surface area contributed by atoms with Crippen molar-refractivity contribution in [3.05, 3.63) is 86.0 Å². The van der Waals surface area contributed by atoms with Crippen molar-refractivity contribution in [1.29, 1.82) is 0 Å². The fourth-order valence-electron chi connectivity index (χ4n) is 3.95. The Bertz CT molecular complexity index is 1310. The summed E-state index contributed by atoms with van der Waals surface area (Å²) in [6.07, 6.45) is 4.24. The highest BCUT2D eigenvalue weighted by atomic mass is 19.1. The molecule has 9 heteroatoms. The fourth-order valence-corrected chi connectivity index (χ4v) is 3.95. The molecule has 1 fully saturated rings. The number of carbonyl (C=O) groups is 1. The molecule has 0 atom stereocenters. The number of nitrogens with zero attached hydrogens (tertiary/aromatic N) is 3. The van der Waals surface area contributed by atoms with Crippen LogP contribution in [0.2, 0.25) is 0 Å². The second-order valence-electron chi connectivity index (χ2n) is 7.76. The zero-order valence-corrected chi connectivity index (χ0v) is 18.1. The van der Waals surface area contributed by atoms with Gasteiger partial charge >= 0.3 is 0 Å². The first-order chi connectivity index (χ1) is 15.9. The van der Waals surface area contributed by atoms with Crippen molar-refractivity contribution in [1.82, 2.24) is 9.88 Å². The monoisotopic (exact) mass is 450 g/mol. The Balaban J connectivity index is 1.70. The minimum absolute atomic E-state index is 0.0546. The molecule has 1 saturated heterocycles. The summed E-state index contributed by atoms with van der Waals surface area (Å²) < 4.78 is 16.7. The Kier molecular flexibility index (Phi) is 6.32. The number of ketones is 1. The quantitative estimate of drug-likeness (QED) is 0.268. The van der Waals surface area contributed by atoms with Gasteiger partial charge in [0.1, 0.15) is 5.82 Å². The number of nitrogens with one attached hydrogen (secondary N) is 1. The molecule has 8 nitrogen and oxygen atoms in total. The summed E-state index contributed by atoms with van der Waals surface area (Å²) in [6.45, 7) is 5.24. The third-order valence-corrected chi connectivity index (χ3v) is 5.74. The van der Waals surface area contributed by atoms with Crippen LogP contribution < -0.4 is 15.6 Å². The largest absolute Gasteiger partial charge is 0.367 e. The number of hydrogen-bond acceptors (Lipinski definition) is 6. The number of allylic oxidation sites excluding steroid dienone is 1. The Morgan fingerprint density at radius 3 is 2.55 bits per heavy atom. The maximum atomic E-state index is 15.0. The molecule has 33 heavy (non-hydrogen) atoms. The number of nitro groups is 1. The highest BCUT2D eigenvalue weighted by molar-refractivity contribution is 6.08. The smallest absolute Gasteiger partial charge is 0.269 e. The number of non-ortho nitro benzene ring substituents is 1. The number of halogens is 1. The van der Waals surface area contributed by atoms with Gasteiger partial charge in [0.05, 0.1) is 21.7 Å². The Morgan fingerprint density at radius 1 is 1.21 bits per heavy atom. The minimum Gasteiger partial charge on any atom is -0.367 e. The first-order valence-corrected chi connectivity index (χ1v) is 10.7. The van der Waals surface area contributed by atoms with E-state index < -0.39 is 22.0 Å². The molecule has 2 heterocycles. The summed E-state index contributed by atoms with van der Waals surface area (Å²) in [5, 5.41) is 14.2. The van der Waals surface area contributed by atoms with Gasteiger partial charge in [-0.15, -0.1) is 0 Å². The van der Waals surface area contributed by atoms with Crippen LogP contribution in [0.15, 0.2) is 53.5 Å². The minimum atomic E-state index is -0.529. The summed E-state index contributed by atoms with van der Waals surface area (Å²) in [4.78, 5) is 38.1. The number of piperazine rings is 1. The van der Waals surface area contributed by atoms with Gasteiger partial charge in [0.15, 0.2) is 5.78 Å². The standard InChI is InChI=1S/C24H23FN4O4/c1-2-27-15-19(23(30)8-5-16-3-6-17(7-4-16)29(32)33)24(31)18-13-20(25)22(14-21(18)27)28-11-9-26-10-12-28/h3-8,13-15,26H,2,9-12H2,1H3. The molecule has 3 aromatic rings. The lowest BCUT2D eigenvalue weighted by molar-refractivity contribution is -0.384. The van der Waals surface area contributed by atoms with E-state index in [0.717, 1.165) is 13.1 Å². The summed E-state index contributed by atoms with van der Waals surface area (Å²) in [6, 6.07) is 8.60. The lowest BCUT2D eigenvalue weighted by Gasteiger charge is -2.30. The van der Waals surface area contributed by atoms with Crippen LogP contribution in [0, 0.1) is 15.9 Å². The van der Waals surface area contributed by atoms with E-state index in [0.29, 0.717) is 36.4 Å². The number of aromatic nitrogens is 1. The van der Waals surface area contributed by atoms with Gasteiger partial charge in [-0.2, -0.15) is 0 Å². The Morgan fingerprint density at radius 2 is 1.91 bits per heavy atom. The van der Waals surface area contributed by atoms with Crippen molar-refractivity contribution in [3.63, 3.8) is 0 Å². The molecule has 170 valence electrons. The summed E-state index contributed by atoms with van der Waals surface area (Å²) in [5.74, 6) is -1.01. The number of benzene rings is 2. The molecule has 2 aromatic carbocycles. The van der Waals surface area contributed by atoms with Gasteiger partial charge in [-0.05, 0) is 42.8 Å². The van der Waals surface area contributed by atoms with Crippen LogP contribution in [0.4, 0.5) is 15.8 Å². The maximum Gasteiger partial charge on any atom is 0.269 e. The number of rotatable bonds is 6. The summed E-state index contributed by atoms with van der Waals surface area (Å²) >= 11 is 0. The average Bonchev–Trinajstić information content (AvgIpc) is 2.83. The van der Waals surface area contributed by atoms with Crippen molar-refractivity contribution in [2.75, 3.05) is 31.1 Å². The first-order valence-electron chi connectivity index (χ1n) is 10.7. The molecule has 0 saturated carbocycles. The molecule has 1 aromatic heterocycles. The van der Waals surface area contributed by atoms with Gasteiger partial charge in [-0.1, -0.05) is 6.08 Å². The van der Waals surface area contributed by atoms with Crippen LogP contribution in [-0.4, -0.2) is 41.5 Å². The molecular weight excluding hydrogens is 427 g/mol. The van der Waals surface area contributed by atoms with Crippen LogP contribution in [0.1, 0.15) is 22.8 Å². The molecule has 0 unspecified atom stereocenters. The second-order valence-corrected chi connectivity index (χ2v) is 7.76. The van der Waals surface area contributed by atoms with Crippen molar-refractivity contribution in [3.8, 4) is 0 Å². The van der Waals surface area contributed by atoms with E-state index in [9.17, 15) is 24.1 Å². The van der Waals surface area contributed by atoms with Gasteiger partial charge < -0.3 is 14.8 Å². The van der Waals surface area contributed by atoms with Gasteiger partial charge in [0.2, 0.25) is 5.43 Å². The maximum absolute atomic E-state index is 15.0. The fraction of sp³-hybridized carbons (Fsp3) is 0.250. The third kappa shape index (κ3) is 4.54. The Hall–Kier alpha value is -3.85. The van der Waals surface area contributed by atoms with E-state index in [1.807, 2.05) is 11.8 Å². The highest BCUT2D eigenvalue weighted by Crippen LogP contribution is 2.26. The van der Waals surface area contributed by atoms with Crippen LogP contribution in [0.5, 0.6) is 0 Å². The lowest BCUT2D eigenvalue weighted by Crippen LogP contribution is -2.43. The molecule has 1 aliphatic heterocycles. The van der Waals surface area contributed by atoms with Crippen LogP contribution in [0.3, 0.4) is 0 Å². The molecule has 4 rings (SSSR count). The topological polar surface area (TPSA) is 97.5 Å². The summed E-state index contributed by atoms with van der Waals surface area (Å²) in [5.41, 5.74) is 0.963. The van der Waals surface area contributed by atoms with Gasteiger partial charge in [0, 0.05) is 56.4 Å². The van der Waals surface area contributed by atoms with E-state index in [1.165, 1.54) is 48.7 Å². The van der Waals surface area contributed by atoms with E-state index in [4.69, 9.17) is 0 Å². The molecule has 0 spiro atoms. The number of nitro benzene ring substituents is 1. The molecule has 0 amide bonds. The van der Waals surface area contributed by atoms with Crippen LogP contribution in [0.25, 0.3) is 17.0 Å². The number of fused-ring (bicyclic) bond motifs is 1. The number of aryl methyl sites for hydroxylation is 1. The Labute approximate surface area is 189 Å².